The molecule has 0 aliphatic carbocycles. The Kier molecular flexibility index (Phi) is 3.06. The van der Waals surface area contributed by atoms with Crippen molar-refractivity contribution in [2.45, 2.75) is 38.2 Å². The summed E-state index contributed by atoms with van der Waals surface area (Å²) in [6.45, 7) is 6.74. The van der Waals surface area contributed by atoms with Crippen LogP contribution >= 0.6 is 0 Å². The van der Waals surface area contributed by atoms with E-state index in [0.29, 0.717) is 18.7 Å². The Balaban J connectivity index is 2.03. The number of ether oxygens (including phenoxy) is 1. The lowest BCUT2D eigenvalue weighted by atomic mass is 9.81. The summed E-state index contributed by atoms with van der Waals surface area (Å²) in [5, 5.41) is 3.23. The van der Waals surface area contributed by atoms with Crippen molar-refractivity contribution >= 4 is 17.7 Å². The van der Waals surface area contributed by atoms with Gasteiger partial charge in [0.15, 0.2) is 0 Å². The molecule has 1 aromatic carbocycles. The highest BCUT2D eigenvalue weighted by Gasteiger charge is 2.54. The van der Waals surface area contributed by atoms with Crippen LogP contribution in [0.15, 0.2) is 24.3 Å². The molecule has 5 nitrogen and oxygen atoms in total. The van der Waals surface area contributed by atoms with Gasteiger partial charge in [0.05, 0.1) is 11.1 Å². The van der Waals surface area contributed by atoms with Gasteiger partial charge in [0.1, 0.15) is 5.60 Å². The number of carbonyl (C=O) groups excluding carboxylic acids is 2. The molecule has 2 aliphatic heterocycles. The largest absolute Gasteiger partial charge is 0.443 e. The summed E-state index contributed by atoms with van der Waals surface area (Å²) in [6.07, 6.45) is 0.117. The van der Waals surface area contributed by atoms with Crippen LogP contribution in [0.1, 0.15) is 32.8 Å². The van der Waals surface area contributed by atoms with E-state index in [2.05, 4.69) is 5.32 Å². The monoisotopic (exact) mass is 288 g/mol. The number of imide groups is 1. The predicted molar refractivity (Wildman–Crippen MR) is 79.3 cm³/mol. The number of fused-ring (bicyclic) bond motifs is 2. The lowest BCUT2D eigenvalue weighted by Gasteiger charge is -2.25. The van der Waals surface area contributed by atoms with Gasteiger partial charge < -0.3 is 10.1 Å². The molecule has 0 aromatic heterocycles. The molecule has 5 heteroatoms. The highest BCUT2D eigenvalue weighted by atomic mass is 16.6. The summed E-state index contributed by atoms with van der Waals surface area (Å²) in [6, 6.07) is 7.49. The van der Waals surface area contributed by atoms with Crippen LogP contribution in [-0.2, 0) is 14.9 Å². The van der Waals surface area contributed by atoms with E-state index in [1.54, 1.807) is 20.8 Å². The molecule has 112 valence electrons. The molecule has 21 heavy (non-hydrogen) atoms. The van der Waals surface area contributed by atoms with Crippen molar-refractivity contribution < 1.29 is 14.3 Å². The average molecular weight is 288 g/mol. The first-order valence-corrected chi connectivity index (χ1v) is 7.23. The number of carbonyl (C=O) groups is 2. The molecule has 2 heterocycles. The summed E-state index contributed by atoms with van der Waals surface area (Å²) in [7, 11) is 0. The van der Waals surface area contributed by atoms with Crippen molar-refractivity contribution in [3.63, 3.8) is 0 Å². The number of rotatable bonds is 0. The second kappa shape index (κ2) is 4.56. The van der Waals surface area contributed by atoms with Crippen molar-refractivity contribution in [1.29, 1.82) is 0 Å². The third-order valence-electron chi connectivity index (χ3n) is 4.00. The lowest BCUT2D eigenvalue weighted by molar-refractivity contribution is -0.122. The number of hydrogen-bond acceptors (Lipinski definition) is 4. The quantitative estimate of drug-likeness (QED) is 0.795. The molecule has 0 bridgehead atoms. The summed E-state index contributed by atoms with van der Waals surface area (Å²) in [5.41, 5.74) is 0.329. The summed E-state index contributed by atoms with van der Waals surface area (Å²) >= 11 is 0. The average Bonchev–Trinajstić information content (AvgIpc) is 2.95. The first-order valence-electron chi connectivity index (χ1n) is 7.23. The fourth-order valence-corrected chi connectivity index (χ4v) is 3.11. The summed E-state index contributed by atoms with van der Waals surface area (Å²) < 4.78 is 5.40. The van der Waals surface area contributed by atoms with Crippen LogP contribution in [0.5, 0.6) is 0 Å². The zero-order chi connectivity index (χ0) is 15.3. The highest BCUT2D eigenvalue weighted by Crippen LogP contribution is 2.45. The molecular formula is C16H20N2O3. The van der Waals surface area contributed by atoms with Crippen LogP contribution in [0, 0.1) is 0 Å². The van der Waals surface area contributed by atoms with Crippen molar-refractivity contribution in [1.82, 2.24) is 5.32 Å². The van der Waals surface area contributed by atoms with Crippen LogP contribution in [0.3, 0.4) is 0 Å². The molecular weight excluding hydrogens is 268 g/mol. The maximum absolute atomic E-state index is 12.9. The number of benzene rings is 1. The van der Waals surface area contributed by atoms with Gasteiger partial charge in [0, 0.05) is 6.54 Å². The molecule has 0 radical (unpaired) electrons. The second-order valence-electron chi connectivity index (χ2n) is 6.65. The third kappa shape index (κ3) is 2.12. The fourth-order valence-electron chi connectivity index (χ4n) is 3.11. The topological polar surface area (TPSA) is 58.6 Å². The standard InChI is InChI=1S/C16H20N2O3/c1-15(2,3)21-14(20)18-12-7-5-4-6-11(12)16(13(18)19)8-9-17-10-16/h4-7,17H,8-10H2,1-3H3/t16-/m0/s1. The Hall–Kier alpha value is -1.88. The number of anilines is 1. The van der Waals surface area contributed by atoms with E-state index in [1.165, 1.54) is 4.90 Å². The summed E-state index contributed by atoms with van der Waals surface area (Å²) in [5.74, 6) is -0.178. The Morgan fingerprint density at radius 1 is 1.33 bits per heavy atom. The Labute approximate surface area is 124 Å². The number of amides is 2. The van der Waals surface area contributed by atoms with Crippen LogP contribution in [0.2, 0.25) is 0 Å². The van der Waals surface area contributed by atoms with Crippen LogP contribution < -0.4 is 10.2 Å². The smallest absolute Gasteiger partial charge is 0.421 e. The first-order chi connectivity index (χ1) is 9.85. The maximum atomic E-state index is 12.9. The molecule has 2 aliphatic rings. The predicted octanol–water partition coefficient (Wildman–Crippen LogP) is 2.20. The van der Waals surface area contributed by atoms with Crippen molar-refractivity contribution in [2.75, 3.05) is 18.0 Å². The van der Waals surface area contributed by atoms with E-state index >= 15 is 0 Å². The Bertz CT molecular complexity index is 598. The van der Waals surface area contributed by atoms with E-state index in [1.807, 2.05) is 24.3 Å². The van der Waals surface area contributed by atoms with Crippen molar-refractivity contribution in [2.24, 2.45) is 0 Å². The molecule has 0 saturated carbocycles. The van der Waals surface area contributed by atoms with Crippen molar-refractivity contribution in [3.8, 4) is 0 Å². The number of hydrogen-bond donors (Lipinski definition) is 1. The molecule has 1 atom stereocenters. The van der Waals surface area contributed by atoms with Gasteiger partial charge in [-0.2, -0.15) is 0 Å². The second-order valence-corrected chi connectivity index (χ2v) is 6.65. The molecule has 3 rings (SSSR count). The highest BCUT2D eigenvalue weighted by molar-refractivity contribution is 6.21. The molecule has 1 saturated heterocycles. The van der Waals surface area contributed by atoms with Gasteiger partial charge in [0.25, 0.3) is 0 Å². The van der Waals surface area contributed by atoms with E-state index < -0.39 is 17.1 Å². The third-order valence-corrected chi connectivity index (χ3v) is 4.00. The lowest BCUT2D eigenvalue weighted by Crippen LogP contribution is -2.46. The SMILES string of the molecule is CC(C)(C)OC(=O)N1C(=O)[C@]2(CCNC2)c2ccccc21. The van der Waals surface area contributed by atoms with Crippen molar-refractivity contribution in [3.05, 3.63) is 29.8 Å². The Morgan fingerprint density at radius 3 is 2.67 bits per heavy atom. The van der Waals surface area contributed by atoms with E-state index in [-0.39, 0.29) is 5.91 Å². The number of nitrogens with zero attached hydrogens (tertiary/aromatic N) is 1. The van der Waals surface area contributed by atoms with Crippen LogP contribution in [0.4, 0.5) is 10.5 Å². The van der Waals surface area contributed by atoms with Gasteiger partial charge in [-0.05, 0) is 45.4 Å². The van der Waals surface area contributed by atoms with Crippen LogP contribution in [0.25, 0.3) is 0 Å². The van der Waals surface area contributed by atoms with Crippen LogP contribution in [-0.4, -0.2) is 30.7 Å². The fraction of sp³-hybridized carbons (Fsp3) is 0.500. The minimum Gasteiger partial charge on any atom is -0.443 e. The van der Waals surface area contributed by atoms with Gasteiger partial charge in [-0.3, -0.25) is 4.79 Å². The zero-order valence-corrected chi connectivity index (χ0v) is 12.6. The normalized spacial score (nSPS) is 24.5. The van der Waals surface area contributed by atoms with Gasteiger partial charge in [-0.1, -0.05) is 18.2 Å². The Morgan fingerprint density at radius 2 is 2.05 bits per heavy atom. The molecule has 1 spiro atoms. The minimum atomic E-state index is -0.629. The first kappa shape index (κ1) is 14.1. The summed E-state index contributed by atoms with van der Waals surface area (Å²) in [4.78, 5) is 26.5. The van der Waals surface area contributed by atoms with Gasteiger partial charge in [0.2, 0.25) is 5.91 Å². The van der Waals surface area contributed by atoms with E-state index in [0.717, 1.165) is 12.1 Å². The molecule has 1 N–H and O–H groups in total. The minimum absolute atomic E-state index is 0.178. The number of nitrogens with one attached hydrogen (secondary N) is 1. The zero-order valence-electron chi connectivity index (χ0n) is 12.6. The van der Waals surface area contributed by atoms with Gasteiger partial charge in [-0.15, -0.1) is 0 Å². The molecule has 1 aromatic rings. The molecule has 1 fully saturated rings. The van der Waals surface area contributed by atoms with Gasteiger partial charge in [-0.25, -0.2) is 9.69 Å². The molecule has 2 amide bonds. The molecule has 0 unspecified atom stereocenters. The number of para-hydroxylation sites is 1. The van der Waals surface area contributed by atoms with Gasteiger partial charge >= 0.3 is 6.09 Å². The van der Waals surface area contributed by atoms with E-state index in [9.17, 15) is 9.59 Å². The van der Waals surface area contributed by atoms with E-state index in [4.69, 9.17) is 4.74 Å². The maximum Gasteiger partial charge on any atom is 0.421 e.